The van der Waals surface area contributed by atoms with Crippen molar-refractivity contribution in [2.75, 3.05) is 0 Å². The highest BCUT2D eigenvalue weighted by Crippen LogP contribution is 2.24. The summed E-state index contributed by atoms with van der Waals surface area (Å²) in [4.78, 5) is 15.2. The first-order chi connectivity index (χ1) is 8.09. The van der Waals surface area contributed by atoms with E-state index in [4.69, 9.17) is 5.73 Å². The zero-order chi connectivity index (χ0) is 12.4. The first kappa shape index (κ1) is 11.4. The van der Waals surface area contributed by atoms with E-state index in [2.05, 4.69) is 10.3 Å². The fraction of sp³-hybridized carbons (Fsp3) is 0.231. The predicted molar refractivity (Wildman–Crippen MR) is 67.6 cm³/mol. The predicted octanol–water partition coefficient (Wildman–Crippen LogP) is 2.27. The molecule has 17 heavy (non-hydrogen) atoms. The lowest BCUT2D eigenvalue weighted by Crippen LogP contribution is -2.31. The average molecular weight is 229 g/mol. The second-order valence-corrected chi connectivity index (χ2v) is 4.07. The smallest absolute Gasteiger partial charge is 0.312 e. The maximum absolute atomic E-state index is 10.9. The van der Waals surface area contributed by atoms with E-state index >= 15 is 0 Å². The number of amides is 2. The second kappa shape index (κ2) is 4.41. The average Bonchev–Trinajstić information content (AvgIpc) is 2.29. The molecule has 88 valence electrons. The van der Waals surface area contributed by atoms with Gasteiger partial charge in [-0.25, -0.2) is 4.79 Å². The summed E-state index contributed by atoms with van der Waals surface area (Å²) in [6.07, 6.45) is 1.79. The van der Waals surface area contributed by atoms with Crippen molar-refractivity contribution in [3.05, 3.63) is 41.7 Å². The molecule has 1 heterocycles. The molecule has 0 bridgehead atoms. The van der Waals surface area contributed by atoms with Crippen LogP contribution >= 0.6 is 0 Å². The molecule has 1 atom stereocenters. The Labute approximate surface area is 99.8 Å². The molecule has 0 aliphatic rings. The highest BCUT2D eigenvalue weighted by atomic mass is 16.2. The van der Waals surface area contributed by atoms with Gasteiger partial charge in [-0.2, -0.15) is 0 Å². The molecule has 0 fully saturated rings. The van der Waals surface area contributed by atoms with Crippen LogP contribution in [0.3, 0.4) is 0 Å². The van der Waals surface area contributed by atoms with Crippen LogP contribution in [-0.2, 0) is 0 Å². The van der Waals surface area contributed by atoms with E-state index in [9.17, 15) is 4.79 Å². The van der Waals surface area contributed by atoms with Crippen molar-refractivity contribution < 1.29 is 4.79 Å². The first-order valence-electron chi connectivity index (χ1n) is 5.50. The van der Waals surface area contributed by atoms with Gasteiger partial charge in [0, 0.05) is 22.8 Å². The maximum atomic E-state index is 10.9. The molecule has 0 saturated carbocycles. The number of nitrogens with zero attached hydrogens (tertiary/aromatic N) is 1. The summed E-state index contributed by atoms with van der Waals surface area (Å²) in [6, 6.07) is 7.33. The summed E-state index contributed by atoms with van der Waals surface area (Å²) in [6.45, 7) is 3.86. The van der Waals surface area contributed by atoms with Gasteiger partial charge in [0.25, 0.3) is 0 Å². The molecule has 1 aromatic carbocycles. The van der Waals surface area contributed by atoms with Crippen LogP contribution in [0.5, 0.6) is 0 Å². The Hall–Kier alpha value is -2.10. The minimum absolute atomic E-state index is 0.148. The molecule has 3 N–H and O–H groups in total. The Bertz CT molecular complexity index is 566. The normalized spacial score (nSPS) is 12.4. The Morgan fingerprint density at radius 2 is 2.00 bits per heavy atom. The molecule has 0 spiro atoms. The number of benzene rings is 1. The number of aryl methyl sites for hydroxylation is 1. The zero-order valence-corrected chi connectivity index (χ0v) is 9.90. The molecule has 0 radical (unpaired) electrons. The van der Waals surface area contributed by atoms with Gasteiger partial charge in [0.05, 0.1) is 6.04 Å². The summed E-state index contributed by atoms with van der Waals surface area (Å²) in [5.41, 5.74) is 7.09. The number of primary amides is 1. The third kappa shape index (κ3) is 2.20. The van der Waals surface area contributed by atoms with E-state index in [1.807, 2.05) is 38.1 Å². The van der Waals surface area contributed by atoms with E-state index in [1.165, 1.54) is 0 Å². The molecular weight excluding hydrogens is 214 g/mol. The standard InChI is InChI=1S/C13H15N3O/c1-8-10-5-3-4-6-11(10)12(7-15-8)9(2)16-13(14)17/h3-7,9H,1-2H3,(H3,14,16,17). The van der Waals surface area contributed by atoms with Crippen molar-refractivity contribution >= 4 is 16.8 Å². The number of aromatic nitrogens is 1. The maximum Gasteiger partial charge on any atom is 0.312 e. The molecule has 4 heteroatoms. The van der Waals surface area contributed by atoms with E-state index in [-0.39, 0.29) is 6.04 Å². The molecule has 2 amide bonds. The van der Waals surface area contributed by atoms with Gasteiger partial charge in [0.15, 0.2) is 0 Å². The minimum atomic E-state index is -0.526. The van der Waals surface area contributed by atoms with Gasteiger partial charge >= 0.3 is 6.03 Å². The number of urea groups is 1. The third-order valence-corrected chi connectivity index (χ3v) is 2.85. The molecule has 4 nitrogen and oxygen atoms in total. The fourth-order valence-electron chi connectivity index (χ4n) is 1.99. The number of carbonyl (C=O) groups is 1. The van der Waals surface area contributed by atoms with Crippen LogP contribution in [0.4, 0.5) is 4.79 Å². The highest BCUT2D eigenvalue weighted by molar-refractivity contribution is 5.88. The lowest BCUT2D eigenvalue weighted by atomic mass is 10.0. The van der Waals surface area contributed by atoms with Crippen molar-refractivity contribution in [2.24, 2.45) is 5.73 Å². The largest absolute Gasteiger partial charge is 0.352 e. The molecule has 0 saturated heterocycles. The van der Waals surface area contributed by atoms with Gasteiger partial charge in [-0.3, -0.25) is 4.98 Å². The van der Waals surface area contributed by atoms with Crippen LogP contribution in [0, 0.1) is 6.92 Å². The number of rotatable bonds is 2. The molecule has 1 unspecified atom stereocenters. The minimum Gasteiger partial charge on any atom is -0.352 e. The van der Waals surface area contributed by atoms with Crippen molar-refractivity contribution in [1.82, 2.24) is 10.3 Å². The van der Waals surface area contributed by atoms with Crippen LogP contribution in [0.1, 0.15) is 24.2 Å². The van der Waals surface area contributed by atoms with E-state index in [0.717, 1.165) is 22.0 Å². The molecule has 0 aliphatic heterocycles. The molecule has 2 aromatic rings. The van der Waals surface area contributed by atoms with Crippen LogP contribution in [0.25, 0.3) is 10.8 Å². The summed E-state index contributed by atoms with van der Waals surface area (Å²) in [5.74, 6) is 0. The lowest BCUT2D eigenvalue weighted by Gasteiger charge is -2.15. The zero-order valence-electron chi connectivity index (χ0n) is 9.90. The number of fused-ring (bicyclic) bond motifs is 1. The Morgan fingerprint density at radius 3 is 2.65 bits per heavy atom. The topological polar surface area (TPSA) is 68.0 Å². The van der Waals surface area contributed by atoms with E-state index < -0.39 is 6.03 Å². The quantitative estimate of drug-likeness (QED) is 0.829. The van der Waals surface area contributed by atoms with Crippen molar-refractivity contribution in [2.45, 2.75) is 19.9 Å². The van der Waals surface area contributed by atoms with Gasteiger partial charge in [0.1, 0.15) is 0 Å². The molecule has 0 aliphatic carbocycles. The highest BCUT2D eigenvalue weighted by Gasteiger charge is 2.12. The number of nitrogens with one attached hydrogen (secondary N) is 1. The van der Waals surface area contributed by atoms with Gasteiger partial charge < -0.3 is 11.1 Å². The van der Waals surface area contributed by atoms with Gasteiger partial charge in [-0.15, -0.1) is 0 Å². The van der Waals surface area contributed by atoms with Crippen LogP contribution in [0.2, 0.25) is 0 Å². The molecule has 2 rings (SSSR count). The number of nitrogens with two attached hydrogens (primary N) is 1. The fourth-order valence-corrected chi connectivity index (χ4v) is 1.99. The van der Waals surface area contributed by atoms with Gasteiger partial charge in [-0.1, -0.05) is 24.3 Å². The Balaban J connectivity index is 2.55. The van der Waals surface area contributed by atoms with Gasteiger partial charge in [-0.05, 0) is 19.2 Å². The van der Waals surface area contributed by atoms with Crippen molar-refractivity contribution in [3.63, 3.8) is 0 Å². The number of carbonyl (C=O) groups excluding carboxylic acids is 1. The van der Waals surface area contributed by atoms with Crippen LogP contribution in [-0.4, -0.2) is 11.0 Å². The number of hydrogen-bond donors (Lipinski definition) is 2. The molecule has 1 aromatic heterocycles. The van der Waals surface area contributed by atoms with E-state index in [1.54, 1.807) is 6.20 Å². The summed E-state index contributed by atoms with van der Waals surface area (Å²) in [5, 5.41) is 4.87. The first-order valence-corrected chi connectivity index (χ1v) is 5.50. The van der Waals surface area contributed by atoms with Gasteiger partial charge in [0.2, 0.25) is 0 Å². The van der Waals surface area contributed by atoms with Crippen LogP contribution in [0.15, 0.2) is 30.5 Å². The molecular formula is C13H15N3O. The number of hydrogen-bond acceptors (Lipinski definition) is 2. The summed E-state index contributed by atoms with van der Waals surface area (Å²) >= 11 is 0. The summed E-state index contributed by atoms with van der Waals surface area (Å²) < 4.78 is 0. The second-order valence-electron chi connectivity index (χ2n) is 4.07. The third-order valence-electron chi connectivity index (χ3n) is 2.85. The van der Waals surface area contributed by atoms with Crippen molar-refractivity contribution in [1.29, 1.82) is 0 Å². The van der Waals surface area contributed by atoms with Crippen molar-refractivity contribution in [3.8, 4) is 0 Å². The van der Waals surface area contributed by atoms with Crippen LogP contribution < -0.4 is 11.1 Å². The number of pyridine rings is 1. The van der Waals surface area contributed by atoms with E-state index in [0.29, 0.717) is 0 Å². The summed E-state index contributed by atoms with van der Waals surface area (Å²) in [7, 11) is 0. The Kier molecular flexibility index (Phi) is 2.95. The SMILES string of the molecule is Cc1ncc(C(C)NC(N)=O)c2ccccc12. The monoisotopic (exact) mass is 229 g/mol. The Morgan fingerprint density at radius 1 is 1.35 bits per heavy atom. The lowest BCUT2D eigenvalue weighted by molar-refractivity contribution is 0.246.